The molecule has 0 radical (unpaired) electrons. The third kappa shape index (κ3) is 3.45. The molecule has 0 spiro atoms. The Balaban J connectivity index is 0.00000144. The highest BCUT2D eigenvalue weighted by Gasteiger charge is 2.29. The summed E-state index contributed by atoms with van der Waals surface area (Å²) in [4.78, 5) is 13.1. The molecule has 1 fully saturated rings. The summed E-state index contributed by atoms with van der Waals surface area (Å²) in [6.45, 7) is 3.70. The largest absolute Gasteiger partial charge is 0.480 e. The predicted octanol–water partition coefficient (Wildman–Crippen LogP) is 2.47. The monoisotopic (exact) mass is 255 g/mol. The molecular formula is C13H18ClNO2. The van der Waals surface area contributed by atoms with Gasteiger partial charge in [0.05, 0.1) is 0 Å². The van der Waals surface area contributed by atoms with Crippen molar-refractivity contribution in [2.24, 2.45) is 0 Å². The second kappa shape index (κ2) is 6.03. The number of benzene rings is 1. The van der Waals surface area contributed by atoms with Crippen LogP contribution in [0.3, 0.4) is 0 Å². The molecule has 4 heteroatoms. The number of halogens is 1. The molecule has 1 atom stereocenters. The molecule has 1 aliphatic heterocycles. The molecule has 0 unspecified atom stereocenters. The van der Waals surface area contributed by atoms with E-state index < -0.39 is 5.97 Å². The van der Waals surface area contributed by atoms with Gasteiger partial charge in [0.25, 0.3) is 0 Å². The Bertz CT molecular complexity index is 378. The van der Waals surface area contributed by atoms with Gasteiger partial charge in [-0.2, -0.15) is 0 Å². The molecule has 0 amide bonds. The van der Waals surface area contributed by atoms with Gasteiger partial charge in [0, 0.05) is 6.54 Å². The van der Waals surface area contributed by atoms with Crippen LogP contribution in [0.4, 0.5) is 0 Å². The van der Waals surface area contributed by atoms with Gasteiger partial charge in [-0.05, 0) is 31.9 Å². The van der Waals surface area contributed by atoms with Gasteiger partial charge in [0.15, 0.2) is 0 Å². The first-order valence-corrected chi connectivity index (χ1v) is 5.69. The zero-order valence-electron chi connectivity index (χ0n) is 9.93. The van der Waals surface area contributed by atoms with Gasteiger partial charge in [-0.25, -0.2) is 0 Å². The third-order valence-corrected chi connectivity index (χ3v) is 3.15. The number of aliphatic carboxylic acids is 1. The normalized spacial score (nSPS) is 19.9. The maximum absolute atomic E-state index is 11.0. The van der Waals surface area contributed by atoms with Crippen molar-refractivity contribution in [1.82, 2.24) is 4.90 Å². The van der Waals surface area contributed by atoms with Gasteiger partial charge in [-0.15, -0.1) is 12.4 Å². The Morgan fingerprint density at radius 1 is 1.41 bits per heavy atom. The molecule has 1 aromatic carbocycles. The van der Waals surface area contributed by atoms with Crippen molar-refractivity contribution < 1.29 is 9.90 Å². The van der Waals surface area contributed by atoms with E-state index >= 15 is 0 Å². The van der Waals surface area contributed by atoms with E-state index in [4.69, 9.17) is 5.11 Å². The Labute approximate surface area is 108 Å². The van der Waals surface area contributed by atoms with Crippen LogP contribution in [-0.4, -0.2) is 28.6 Å². The molecule has 2 rings (SSSR count). The van der Waals surface area contributed by atoms with Gasteiger partial charge in [0.1, 0.15) is 6.04 Å². The summed E-state index contributed by atoms with van der Waals surface area (Å²) in [6, 6.07) is 8.00. The second-order valence-electron chi connectivity index (χ2n) is 4.45. The highest BCUT2D eigenvalue weighted by molar-refractivity contribution is 5.85. The number of rotatable bonds is 3. The van der Waals surface area contributed by atoms with Gasteiger partial charge < -0.3 is 5.11 Å². The van der Waals surface area contributed by atoms with Crippen LogP contribution >= 0.6 is 12.4 Å². The Kier molecular flexibility index (Phi) is 4.97. The molecule has 1 aliphatic rings. The topological polar surface area (TPSA) is 40.5 Å². The number of carboxylic acid groups (broad SMARTS) is 1. The van der Waals surface area contributed by atoms with Gasteiger partial charge >= 0.3 is 5.97 Å². The fourth-order valence-electron chi connectivity index (χ4n) is 2.22. The quantitative estimate of drug-likeness (QED) is 0.902. The Morgan fingerprint density at radius 3 is 2.65 bits per heavy atom. The Morgan fingerprint density at radius 2 is 2.06 bits per heavy atom. The van der Waals surface area contributed by atoms with Crippen LogP contribution in [0, 0.1) is 6.92 Å². The molecule has 17 heavy (non-hydrogen) atoms. The maximum Gasteiger partial charge on any atom is 0.320 e. The molecule has 1 saturated heterocycles. The fourth-order valence-corrected chi connectivity index (χ4v) is 2.22. The van der Waals surface area contributed by atoms with Crippen LogP contribution in [0.5, 0.6) is 0 Å². The second-order valence-corrected chi connectivity index (χ2v) is 4.45. The number of aryl methyl sites for hydroxylation is 1. The standard InChI is InChI=1S/C13H17NO2.ClH/c1-10-4-6-11(7-5-10)9-14-8-2-3-12(14)13(15)16;/h4-7,12H,2-3,8-9H2,1H3,(H,15,16);1H/t12-;/m0./s1. The van der Waals surface area contributed by atoms with E-state index in [1.54, 1.807) is 0 Å². The van der Waals surface area contributed by atoms with E-state index in [-0.39, 0.29) is 18.4 Å². The van der Waals surface area contributed by atoms with Gasteiger partial charge in [0.2, 0.25) is 0 Å². The first-order chi connectivity index (χ1) is 7.66. The van der Waals surface area contributed by atoms with E-state index in [9.17, 15) is 4.79 Å². The molecule has 0 bridgehead atoms. The molecule has 0 aliphatic carbocycles. The van der Waals surface area contributed by atoms with E-state index in [0.29, 0.717) is 0 Å². The first kappa shape index (κ1) is 14.0. The summed E-state index contributed by atoms with van der Waals surface area (Å²) in [5.74, 6) is -0.690. The van der Waals surface area contributed by atoms with Crippen LogP contribution < -0.4 is 0 Å². The minimum Gasteiger partial charge on any atom is -0.480 e. The summed E-state index contributed by atoms with van der Waals surface area (Å²) in [6.07, 6.45) is 1.77. The van der Waals surface area contributed by atoms with Crippen LogP contribution in [0.1, 0.15) is 24.0 Å². The van der Waals surface area contributed by atoms with Crippen molar-refractivity contribution in [3.05, 3.63) is 35.4 Å². The number of nitrogens with zero attached hydrogens (tertiary/aromatic N) is 1. The third-order valence-electron chi connectivity index (χ3n) is 3.15. The van der Waals surface area contributed by atoms with Crippen LogP contribution in [0.15, 0.2) is 24.3 Å². The van der Waals surface area contributed by atoms with Crippen LogP contribution in [-0.2, 0) is 11.3 Å². The lowest BCUT2D eigenvalue weighted by Gasteiger charge is -2.20. The molecular weight excluding hydrogens is 238 g/mol. The fraction of sp³-hybridized carbons (Fsp3) is 0.462. The smallest absolute Gasteiger partial charge is 0.320 e. The summed E-state index contributed by atoms with van der Waals surface area (Å²) < 4.78 is 0. The number of carbonyl (C=O) groups is 1. The van der Waals surface area contributed by atoms with Gasteiger partial charge in [-0.3, -0.25) is 9.69 Å². The van der Waals surface area contributed by atoms with Crippen molar-refractivity contribution in [1.29, 1.82) is 0 Å². The predicted molar refractivity (Wildman–Crippen MR) is 69.5 cm³/mol. The van der Waals surface area contributed by atoms with Crippen molar-refractivity contribution in [2.45, 2.75) is 32.4 Å². The summed E-state index contributed by atoms with van der Waals surface area (Å²) in [7, 11) is 0. The summed E-state index contributed by atoms with van der Waals surface area (Å²) >= 11 is 0. The molecule has 0 saturated carbocycles. The maximum atomic E-state index is 11.0. The number of hydrogen-bond donors (Lipinski definition) is 1. The van der Waals surface area contributed by atoms with Crippen molar-refractivity contribution in [3.63, 3.8) is 0 Å². The van der Waals surface area contributed by atoms with E-state index in [2.05, 4.69) is 31.2 Å². The number of likely N-dealkylation sites (tertiary alicyclic amines) is 1. The highest BCUT2D eigenvalue weighted by atomic mass is 35.5. The molecule has 1 heterocycles. The highest BCUT2D eigenvalue weighted by Crippen LogP contribution is 2.20. The van der Waals surface area contributed by atoms with Crippen molar-refractivity contribution in [3.8, 4) is 0 Å². The Hall–Kier alpha value is -1.06. The lowest BCUT2D eigenvalue weighted by atomic mass is 10.1. The molecule has 1 N–H and O–H groups in total. The number of hydrogen-bond acceptors (Lipinski definition) is 2. The van der Waals surface area contributed by atoms with E-state index in [0.717, 1.165) is 25.9 Å². The lowest BCUT2D eigenvalue weighted by Crippen LogP contribution is -2.35. The van der Waals surface area contributed by atoms with Crippen LogP contribution in [0.2, 0.25) is 0 Å². The average molecular weight is 256 g/mol. The average Bonchev–Trinajstić information content (AvgIpc) is 2.69. The minimum absolute atomic E-state index is 0. The molecule has 3 nitrogen and oxygen atoms in total. The molecule has 1 aromatic rings. The minimum atomic E-state index is -0.690. The lowest BCUT2D eigenvalue weighted by molar-refractivity contribution is -0.142. The zero-order valence-corrected chi connectivity index (χ0v) is 10.7. The van der Waals surface area contributed by atoms with Crippen molar-refractivity contribution in [2.75, 3.05) is 6.54 Å². The van der Waals surface area contributed by atoms with E-state index in [1.165, 1.54) is 11.1 Å². The van der Waals surface area contributed by atoms with Crippen LogP contribution in [0.25, 0.3) is 0 Å². The number of carboxylic acids is 1. The SMILES string of the molecule is Cc1ccc(CN2CCC[C@H]2C(=O)O)cc1.Cl. The summed E-state index contributed by atoms with van der Waals surface area (Å²) in [5, 5.41) is 9.06. The first-order valence-electron chi connectivity index (χ1n) is 5.69. The molecule has 0 aromatic heterocycles. The van der Waals surface area contributed by atoms with E-state index in [1.807, 2.05) is 4.90 Å². The van der Waals surface area contributed by atoms with Gasteiger partial charge in [-0.1, -0.05) is 29.8 Å². The zero-order chi connectivity index (χ0) is 11.5. The molecule has 94 valence electrons. The van der Waals surface area contributed by atoms with Crippen molar-refractivity contribution >= 4 is 18.4 Å². The summed E-state index contributed by atoms with van der Waals surface area (Å²) in [5.41, 5.74) is 2.43.